The van der Waals surface area contributed by atoms with E-state index in [9.17, 15) is 0 Å². The molecule has 1 aromatic heterocycles. The van der Waals surface area contributed by atoms with Crippen molar-refractivity contribution in [1.29, 1.82) is 0 Å². The standard InChI is InChI=1S/C16H28N2S/c1-4-16(5-2)8-10-18(11-9-16)14(12-17)15-7-6-13(3)19-15/h6-7,14H,4-5,8-12,17H2,1-3H3. The molecule has 2 N–H and O–H groups in total. The molecule has 0 aliphatic carbocycles. The molecule has 19 heavy (non-hydrogen) atoms. The van der Waals surface area contributed by atoms with Crippen molar-refractivity contribution < 1.29 is 0 Å². The molecule has 0 radical (unpaired) electrons. The van der Waals surface area contributed by atoms with Crippen LogP contribution in [0.25, 0.3) is 0 Å². The van der Waals surface area contributed by atoms with Crippen LogP contribution in [0.3, 0.4) is 0 Å². The van der Waals surface area contributed by atoms with E-state index in [4.69, 9.17) is 5.73 Å². The van der Waals surface area contributed by atoms with E-state index in [1.807, 2.05) is 11.3 Å². The topological polar surface area (TPSA) is 29.3 Å². The Hall–Kier alpha value is -0.380. The smallest absolute Gasteiger partial charge is 0.0564 e. The first-order chi connectivity index (χ1) is 9.14. The van der Waals surface area contributed by atoms with Gasteiger partial charge in [-0.25, -0.2) is 0 Å². The number of nitrogens with two attached hydrogens (primary N) is 1. The highest BCUT2D eigenvalue weighted by molar-refractivity contribution is 7.12. The van der Waals surface area contributed by atoms with Crippen LogP contribution in [0.4, 0.5) is 0 Å². The molecule has 1 fully saturated rings. The summed E-state index contributed by atoms with van der Waals surface area (Å²) in [5.41, 5.74) is 6.64. The summed E-state index contributed by atoms with van der Waals surface area (Å²) in [4.78, 5) is 5.44. The molecule has 0 aromatic carbocycles. The number of hydrogen-bond acceptors (Lipinski definition) is 3. The van der Waals surface area contributed by atoms with Crippen molar-refractivity contribution in [2.45, 2.75) is 52.5 Å². The Kier molecular flexibility index (Phi) is 5.04. The zero-order chi connectivity index (χ0) is 13.9. The second-order valence-electron chi connectivity index (χ2n) is 5.94. The molecule has 2 heterocycles. The molecule has 0 spiro atoms. The third kappa shape index (κ3) is 3.21. The van der Waals surface area contributed by atoms with Crippen molar-refractivity contribution in [2.75, 3.05) is 19.6 Å². The monoisotopic (exact) mass is 280 g/mol. The van der Waals surface area contributed by atoms with Gasteiger partial charge < -0.3 is 5.73 Å². The van der Waals surface area contributed by atoms with Crippen molar-refractivity contribution in [3.05, 3.63) is 21.9 Å². The van der Waals surface area contributed by atoms with Crippen LogP contribution in [0.15, 0.2) is 12.1 Å². The van der Waals surface area contributed by atoms with Crippen LogP contribution in [0.5, 0.6) is 0 Å². The van der Waals surface area contributed by atoms with E-state index in [2.05, 4.69) is 37.8 Å². The van der Waals surface area contributed by atoms with Crippen molar-refractivity contribution in [3.63, 3.8) is 0 Å². The molecule has 2 rings (SSSR count). The van der Waals surface area contributed by atoms with Gasteiger partial charge in [-0.15, -0.1) is 11.3 Å². The molecule has 1 aliphatic heterocycles. The molecule has 1 unspecified atom stereocenters. The predicted octanol–water partition coefficient (Wildman–Crippen LogP) is 3.96. The van der Waals surface area contributed by atoms with E-state index >= 15 is 0 Å². The van der Waals surface area contributed by atoms with E-state index in [0.29, 0.717) is 11.5 Å². The van der Waals surface area contributed by atoms with Crippen molar-refractivity contribution in [1.82, 2.24) is 4.90 Å². The van der Waals surface area contributed by atoms with Crippen LogP contribution >= 0.6 is 11.3 Å². The maximum Gasteiger partial charge on any atom is 0.0564 e. The first-order valence-corrected chi connectivity index (χ1v) is 8.46. The zero-order valence-electron chi connectivity index (χ0n) is 12.6. The molecule has 0 amide bonds. The molecule has 108 valence electrons. The number of hydrogen-bond donors (Lipinski definition) is 1. The van der Waals surface area contributed by atoms with Crippen LogP contribution < -0.4 is 5.73 Å². The molecule has 0 saturated carbocycles. The highest BCUT2D eigenvalue weighted by atomic mass is 32.1. The SMILES string of the molecule is CCC1(CC)CCN(C(CN)c2ccc(C)s2)CC1. The van der Waals surface area contributed by atoms with Gasteiger partial charge in [-0.05, 0) is 50.4 Å². The van der Waals surface area contributed by atoms with E-state index in [-0.39, 0.29) is 0 Å². The Morgan fingerprint density at radius 3 is 2.32 bits per heavy atom. The molecule has 3 heteroatoms. The maximum absolute atomic E-state index is 6.04. The molecule has 1 atom stereocenters. The molecular weight excluding hydrogens is 252 g/mol. The number of likely N-dealkylation sites (tertiary alicyclic amines) is 1. The quantitative estimate of drug-likeness (QED) is 0.884. The third-order valence-corrected chi connectivity index (χ3v) is 6.21. The lowest BCUT2D eigenvalue weighted by Crippen LogP contribution is -2.43. The number of piperidine rings is 1. The van der Waals surface area contributed by atoms with Gasteiger partial charge in [-0.3, -0.25) is 4.90 Å². The molecule has 1 aliphatic rings. The van der Waals surface area contributed by atoms with Gasteiger partial charge in [0.1, 0.15) is 0 Å². The van der Waals surface area contributed by atoms with Crippen LogP contribution in [-0.4, -0.2) is 24.5 Å². The predicted molar refractivity (Wildman–Crippen MR) is 84.7 cm³/mol. The Morgan fingerprint density at radius 1 is 1.26 bits per heavy atom. The Labute approximate surface area is 122 Å². The first-order valence-electron chi connectivity index (χ1n) is 7.64. The van der Waals surface area contributed by atoms with E-state index in [0.717, 1.165) is 6.54 Å². The zero-order valence-corrected chi connectivity index (χ0v) is 13.4. The average Bonchev–Trinajstić information content (AvgIpc) is 2.87. The fraction of sp³-hybridized carbons (Fsp3) is 0.750. The summed E-state index contributed by atoms with van der Waals surface area (Å²) >= 11 is 1.90. The molecule has 1 saturated heterocycles. The van der Waals surface area contributed by atoms with Crippen LogP contribution in [0.1, 0.15) is 55.3 Å². The summed E-state index contributed by atoms with van der Waals surface area (Å²) in [5, 5.41) is 0. The molecule has 2 nitrogen and oxygen atoms in total. The first kappa shape index (κ1) is 15.0. The second kappa shape index (κ2) is 6.38. The normalized spacial score (nSPS) is 21.5. The number of nitrogens with zero attached hydrogens (tertiary/aromatic N) is 1. The third-order valence-electron chi connectivity index (χ3n) is 5.11. The number of rotatable bonds is 5. The molecule has 0 bridgehead atoms. The van der Waals surface area contributed by atoms with Gasteiger partial charge in [-0.1, -0.05) is 26.7 Å². The maximum atomic E-state index is 6.04. The van der Waals surface area contributed by atoms with Crippen molar-refractivity contribution >= 4 is 11.3 Å². The van der Waals surface area contributed by atoms with Crippen LogP contribution in [-0.2, 0) is 0 Å². The highest BCUT2D eigenvalue weighted by Crippen LogP contribution is 2.40. The lowest BCUT2D eigenvalue weighted by Gasteiger charge is -2.43. The minimum Gasteiger partial charge on any atom is -0.329 e. The Bertz CT molecular complexity index is 385. The summed E-state index contributed by atoms with van der Waals surface area (Å²) in [6, 6.07) is 4.92. The summed E-state index contributed by atoms with van der Waals surface area (Å²) in [6.45, 7) is 10.0. The average molecular weight is 280 g/mol. The van der Waals surface area contributed by atoms with Crippen LogP contribution in [0.2, 0.25) is 0 Å². The lowest BCUT2D eigenvalue weighted by atomic mass is 9.74. The van der Waals surface area contributed by atoms with Crippen molar-refractivity contribution in [3.8, 4) is 0 Å². The summed E-state index contributed by atoms with van der Waals surface area (Å²) in [5.74, 6) is 0. The minimum atomic E-state index is 0.436. The summed E-state index contributed by atoms with van der Waals surface area (Å²) in [6.07, 6.45) is 5.31. The Morgan fingerprint density at radius 2 is 1.89 bits per heavy atom. The van der Waals surface area contributed by atoms with Gasteiger partial charge in [0.25, 0.3) is 0 Å². The number of thiophene rings is 1. The molecule has 1 aromatic rings. The van der Waals surface area contributed by atoms with E-state index in [1.54, 1.807) is 0 Å². The van der Waals surface area contributed by atoms with Gasteiger partial charge in [0.2, 0.25) is 0 Å². The highest BCUT2D eigenvalue weighted by Gasteiger charge is 2.33. The van der Waals surface area contributed by atoms with Gasteiger partial charge in [-0.2, -0.15) is 0 Å². The van der Waals surface area contributed by atoms with Gasteiger partial charge in [0.05, 0.1) is 6.04 Å². The fourth-order valence-corrected chi connectivity index (χ4v) is 4.37. The summed E-state index contributed by atoms with van der Waals surface area (Å²) in [7, 11) is 0. The van der Waals surface area contributed by atoms with Crippen molar-refractivity contribution in [2.24, 2.45) is 11.1 Å². The summed E-state index contributed by atoms with van der Waals surface area (Å²) < 4.78 is 0. The van der Waals surface area contributed by atoms with Gasteiger partial charge in [0.15, 0.2) is 0 Å². The van der Waals surface area contributed by atoms with Gasteiger partial charge in [0, 0.05) is 16.3 Å². The fourth-order valence-electron chi connectivity index (χ4n) is 3.34. The number of aryl methyl sites for hydroxylation is 1. The largest absolute Gasteiger partial charge is 0.329 e. The minimum absolute atomic E-state index is 0.436. The Balaban J connectivity index is 2.03. The van der Waals surface area contributed by atoms with E-state index in [1.165, 1.54) is 48.5 Å². The lowest BCUT2D eigenvalue weighted by molar-refractivity contribution is 0.0690. The van der Waals surface area contributed by atoms with E-state index < -0.39 is 0 Å². The molecular formula is C16H28N2S. The second-order valence-corrected chi connectivity index (χ2v) is 7.26. The van der Waals surface area contributed by atoms with Crippen LogP contribution in [0, 0.1) is 12.3 Å². The van der Waals surface area contributed by atoms with Gasteiger partial charge >= 0.3 is 0 Å².